The van der Waals surface area contributed by atoms with Crippen LogP contribution in [0.3, 0.4) is 0 Å². The number of halogens is 3. The zero-order valence-electron chi connectivity index (χ0n) is 11.5. The zero-order valence-corrected chi connectivity index (χ0v) is 11.5. The molecule has 21 heavy (non-hydrogen) atoms. The first-order valence-corrected chi connectivity index (χ1v) is 7.03. The molecular weight excluding hydrogens is 275 g/mol. The minimum Gasteiger partial charge on any atom is -0.310 e. The van der Waals surface area contributed by atoms with Crippen LogP contribution in [0.2, 0.25) is 0 Å². The quantitative estimate of drug-likeness (QED) is 0.866. The van der Waals surface area contributed by atoms with E-state index in [-0.39, 0.29) is 5.56 Å². The Morgan fingerprint density at radius 3 is 2.19 bits per heavy atom. The maximum absolute atomic E-state index is 13.2. The molecule has 1 N–H and O–H groups in total. The van der Waals surface area contributed by atoms with Gasteiger partial charge < -0.3 is 5.32 Å². The fraction of sp³-hybridized carbons (Fsp3) is 0.294. The second kappa shape index (κ2) is 5.53. The molecule has 1 nitrogen and oxygen atoms in total. The predicted octanol–water partition coefficient (Wildman–Crippen LogP) is 4.62. The molecule has 0 aromatic heterocycles. The highest BCUT2D eigenvalue weighted by Crippen LogP contribution is 2.38. The third kappa shape index (κ3) is 3.27. The van der Waals surface area contributed by atoms with Crippen LogP contribution in [0.25, 0.3) is 11.1 Å². The van der Waals surface area contributed by atoms with Crippen LogP contribution in [0.4, 0.5) is 13.2 Å². The summed E-state index contributed by atoms with van der Waals surface area (Å²) in [7, 11) is 0. The molecule has 0 aliphatic heterocycles. The maximum Gasteiger partial charge on any atom is 0.417 e. The highest BCUT2D eigenvalue weighted by molar-refractivity contribution is 5.71. The lowest BCUT2D eigenvalue weighted by atomic mass is 9.95. The molecule has 0 spiro atoms. The molecule has 1 fully saturated rings. The first-order chi connectivity index (χ1) is 10.1. The lowest BCUT2D eigenvalue weighted by molar-refractivity contribution is -0.137. The number of benzene rings is 2. The Labute approximate surface area is 121 Å². The fourth-order valence-corrected chi connectivity index (χ4v) is 2.44. The van der Waals surface area contributed by atoms with E-state index in [0.29, 0.717) is 18.2 Å². The molecular formula is C17H16F3N. The first kappa shape index (κ1) is 14.1. The second-order valence-corrected chi connectivity index (χ2v) is 5.36. The first-order valence-electron chi connectivity index (χ1n) is 7.03. The van der Waals surface area contributed by atoms with Crippen molar-refractivity contribution < 1.29 is 13.2 Å². The molecule has 110 valence electrons. The van der Waals surface area contributed by atoms with Gasteiger partial charge >= 0.3 is 6.18 Å². The van der Waals surface area contributed by atoms with Crippen molar-refractivity contribution in [3.05, 3.63) is 59.7 Å². The van der Waals surface area contributed by atoms with Crippen LogP contribution < -0.4 is 5.32 Å². The molecule has 0 atom stereocenters. The molecule has 2 aromatic rings. The van der Waals surface area contributed by atoms with E-state index in [9.17, 15) is 13.2 Å². The van der Waals surface area contributed by atoms with E-state index in [1.54, 1.807) is 24.3 Å². The van der Waals surface area contributed by atoms with Gasteiger partial charge in [-0.25, -0.2) is 0 Å². The summed E-state index contributed by atoms with van der Waals surface area (Å²) in [6.07, 6.45) is -2.03. The van der Waals surface area contributed by atoms with Gasteiger partial charge in [-0.3, -0.25) is 0 Å². The third-order valence-electron chi connectivity index (χ3n) is 3.70. The zero-order chi connectivity index (χ0) is 14.9. The highest BCUT2D eigenvalue weighted by atomic mass is 19.4. The van der Waals surface area contributed by atoms with Crippen molar-refractivity contribution in [3.8, 4) is 11.1 Å². The lowest BCUT2D eigenvalue weighted by Gasteiger charge is -2.16. The second-order valence-electron chi connectivity index (χ2n) is 5.36. The molecule has 0 amide bonds. The molecule has 1 aliphatic rings. The molecule has 0 bridgehead atoms. The summed E-state index contributed by atoms with van der Waals surface area (Å²) in [4.78, 5) is 0. The van der Waals surface area contributed by atoms with E-state index in [4.69, 9.17) is 0 Å². The average molecular weight is 291 g/mol. The lowest BCUT2D eigenvalue weighted by Crippen LogP contribution is -2.16. The molecule has 1 aliphatic carbocycles. The molecule has 1 saturated carbocycles. The molecule has 2 aromatic carbocycles. The SMILES string of the molecule is FC(F)(F)c1ccccc1-c1ccccc1CNC1CC1. The Bertz CT molecular complexity index is 630. The summed E-state index contributed by atoms with van der Waals surface area (Å²) >= 11 is 0. The fourth-order valence-electron chi connectivity index (χ4n) is 2.44. The molecule has 0 heterocycles. The van der Waals surface area contributed by atoms with Crippen molar-refractivity contribution >= 4 is 0 Å². The van der Waals surface area contributed by atoms with Gasteiger partial charge in [-0.15, -0.1) is 0 Å². The summed E-state index contributed by atoms with van der Waals surface area (Å²) in [5.74, 6) is 0. The number of hydrogen-bond acceptors (Lipinski definition) is 1. The largest absolute Gasteiger partial charge is 0.417 e. The molecule has 3 rings (SSSR count). The van der Waals surface area contributed by atoms with Gasteiger partial charge in [0.25, 0.3) is 0 Å². The normalized spacial score (nSPS) is 15.2. The van der Waals surface area contributed by atoms with E-state index in [2.05, 4.69) is 5.32 Å². The number of nitrogens with one attached hydrogen (secondary N) is 1. The van der Waals surface area contributed by atoms with Crippen molar-refractivity contribution in [2.75, 3.05) is 0 Å². The minimum atomic E-state index is -4.34. The molecule has 0 radical (unpaired) electrons. The van der Waals surface area contributed by atoms with E-state index in [1.807, 2.05) is 12.1 Å². The number of alkyl halides is 3. The summed E-state index contributed by atoms with van der Waals surface area (Å²) in [6.45, 7) is 0.604. The van der Waals surface area contributed by atoms with Crippen LogP contribution in [-0.2, 0) is 12.7 Å². The Morgan fingerprint density at radius 1 is 0.905 bits per heavy atom. The Kier molecular flexibility index (Phi) is 3.72. The van der Waals surface area contributed by atoms with Gasteiger partial charge in [0.2, 0.25) is 0 Å². The Balaban J connectivity index is 2.00. The van der Waals surface area contributed by atoms with Crippen LogP contribution in [-0.4, -0.2) is 6.04 Å². The molecule has 0 unspecified atom stereocenters. The third-order valence-corrected chi connectivity index (χ3v) is 3.70. The number of rotatable bonds is 4. The van der Waals surface area contributed by atoms with Gasteiger partial charge in [0, 0.05) is 12.6 Å². The maximum atomic E-state index is 13.2. The summed E-state index contributed by atoms with van der Waals surface area (Å²) < 4.78 is 39.5. The van der Waals surface area contributed by atoms with Crippen LogP contribution >= 0.6 is 0 Å². The Hall–Kier alpha value is -1.81. The number of hydrogen-bond donors (Lipinski definition) is 1. The van der Waals surface area contributed by atoms with Crippen molar-refractivity contribution in [2.24, 2.45) is 0 Å². The summed E-state index contributed by atoms with van der Waals surface area (Å²) in [5.41, 5.74) is 1.22. The molecule has 4 heteroatoms. The van der Waals surface area contributed by atoms with Crippen molar-refractivity contribution in [3.63, 3.8) is 0 Å². The van der Waals surface area contributed by atoms with E-state index in [1.165, 1.54) is 6.07 Å². The van der Waals surface area contributed by atoms with Gasteiger partial charge in [0.05, 0.1) is 5.56 Å². The highest BCUT2D eigenvalue weighted by Gasteiger charge is 2.33. The van der Waals surface area contributed by atoms with Crippen molar-refractivity contribution in [1.29, 1.82) is 0 Å². The van der Waals surface area contributed by atoms with Gasteiger partial charge in [0.1, 0.15) is 0 Å². The van der Waals surface area contributed by atoms with E-state index >= 15 is 0 Å². The van der Waals surface area contributed by atoms with Gasteiger partial charge in [-0.2, -0.15) is 13.2 Å². The van der Waals surface area contributed by atoms with E-state index in [0.717, 1.165) is 24.5 Å². The summed E-state index contributed by atoms with van der Waals surface area (Å²) in [6, 6.07) is 13.6. The predicted molar refractivity (Wildman–Crippen MR) is 76.7 cm³/mol. The summed E-state index contributed by atoms with van der Waals surface area (Å²) in [5, 5.41) is 3.36. The monoisotopic (exact) mass is 291 g/mol. The van der Waals surface area contributed by atoms with Crippen LogP contribution in [0.15, 0.2) is 48.5 Å². The van der Waals surface area contributed by atoms with Crippen LogP contribution in [0.5, 0.6) is 0 Å². The minimum absolute atomic E-state index is 0.248. The van der Waals surface area contributed by atoms with Crippen molar-refractivity contribution in [2.45, 2.75) is 31.6 Å². The van der Waals surface area contributed by atoms with Crippen LogP contribution in [0.1, 0.15) is 24.0 Å². The smallest absolute Gasteiger partial charge is 0.310 e. The van der Waals surface area contributed by atoms with Gasteiger partial charge in [-0.1, -0.05) is 42.5 Å². The standard InChI is InChI=1S/C17H16F3N/c18-17(19,20)16-8-4-3-7-15(16)14-6-2-1-5-12(14)11-21-13-9-10-13/h1-8,13,21H,9-11H2. The Morgan fingerprint density at radius 2 is 1.52 bits per heavy atom. The van der Waals surface area contributed by atoms with Gasteiger partial charge in [0.15, 0.2) is 0 Å². The average Bonchev–Trinajstić information content (AvgIpc) is 3.29. The molecule has 0 saturated heterocycles. The van der Waals surface area contributed by atoms with Crippen molar-refractivity contribution in [1.82, 2.24) is 5.32 Å². The van der Waals surface area contributed by atoms with Crippen LogP contribution in [0, 0.1) is 0 Å². The van der Waals surface area contributed by atoms with E-state index < -0.39 is 11.7 Å². The van der Waals surface area contributed by atoms with Gasteiger partial charge in [-0.05, 0) is 35.6 Å². The topological polar surface area (TPSA) is 12.0 Å².